The summed E-state index contributed by atoms with van der Waals surface area (Å²) in [6.07, 6.45) is 1.78. The maximum Gasteiger partial charge on any atom is 0.251 e. The SMILES string of the molecule is CCC(C)(C)NC(=O)c1ccccc1CCNC. The maximum absolute atomic E-state index is 12.3. The second kappa shape index (κ2) is 6.55. The van der Waals surface area contributed by atoms with Crippen LogP contribution in [0.2, 0.25) is 0 Å². The zero-order valence-electron chi connectivity index (χ0n) is 11.8. The third-order valence-corrected chi connectivity index (χ3v) is 3.24. The monoisotopic (exact) mass is 248 g/mol. The van der Waals surface area contributed by atoms with Gasteiger partial charge in [0.1, 0.15) is 0 Å². The number of nitrogens with one attached hydrogen (secondary N) is 2. The Morgan fingerprint density at radius 2 is 1.94 bits per heavy atom. The van der Waals surface area contributed by atoms with Crippen LogP contribution in [0.1, 0.15) is 43.1 Å². The predicted molar refractivity (Wildman–Crippen MR) is 75.9 cm³/mol. The Morgan fingerprint density at radius 3 is 2.56 bits per heavy atom. The van der Waals surface area contributed by atoms with Gasteiger partial charge in [0.2, 0.25) is 0 Å². The molecule has 1 aromatic carbocycles. The largest absolute Gasteiger partial charge is 0.347 e. The van der Waals surface area contributed by atoms with Crippen molar-refractivity contribution in [3.8, 4) is 0 Å². The molecule has 0 saturated carbocycles. The summed E-state index contributed by atoms with van der Waals surface area (Å²) in [5.41, 5.74) is 1.72. The molecule has 0 aliphatic carbocycles. The second-order valence-electron chi connectivity index (χ2n) is 5.20. The number of carbonyl (C=O) groups excluding carboxylic acids is 1. The van der Waals surface area contributed by atoms with Gasteiger partial charge in [-0.15, -0.1) is 0 Å². The first-order valence-electron chi connectivity index (χ1n) is 6.55. The van der Waals surface area contributed by atoms with E-state index >= 15 is 0 Å². The summed E-state index contributed by atoms with van der Waals surface area (Å²) < 4.78 is 0. The summed E-state index contributed by atoms with van der Waals surface area (Å²) in [4.78, 5) is 12.3. The van der Waals surface area contributed by atoms with Crippen molar-refractivity contribution < 1.29 is 4.79 Å². The zero-order chi connectivity index (χ0) is 13.6. The third kappa shape index (κ3) is 4.15. The standard InChI is InChI=1S/C15H24N2O/c1-5-15(2,3)17-14(18)13-9-7-6-8-12(13)10-11-16-4/h6-9,16H,5,10-11H2,1-4H3,(H,17,18). The van der Waals surface area contributed by atoms with Crippen LogP contribution in [0.25, 0.3) is 0 Å². The predicted octanol–water partition coefficient (Wildman–Crippen LogP) is 2.37. The van der Waals surface area contributed by atoms with Gasteiger partial charge >= 0.3 is 0 Å². The highest BCUT2D eigenvalue weighted by molar-refractivity contribution is 5.96. The van der Waals surface area contributed by atoms with E-state index in [-0.39, 0.29) is 11.4 Å². The number of amides is 1. The number of carbonyl (C=O) groups is 1. The van der Waals surface area contributed by atoms with E-state index in [0.717, 1.165) is 30.5 Å². The zero-order valence-corrected chi connectivity index (χ0v) is 11.8. The fourth-order valence-electron chi connectivity index (χ4n) is 1.68. The molecule has 0 saturated heterocycles. The Kier molecular flexibility index (Phi) is 5.35. The normalized spacial score (nSPS) is 11.3. The Hall–Kier alpha value is -1.35. The first-order chi connectivity index (χ1) is 8.50. The summed E-state index contributed by atoms with van der Waals surface area (Å²) in [6.45, 7) is 7.04. The Morgan fingerprint density at radius 1 is 1.28 bits per heavy atom. The van der Waals surface area contributed by atoms with Gasteiger partial charge in [-0.3, -0.25) is 4.79 Å². The summed E-state index contributed by atoms with van der Waals surface area (Å²) in [6, 6.07) is 7.81. The number of benzene rings is 1. The van der Waals surface area contributed by atoms with E-state index in [9.17, 15) is 4.79 Å². The number of hydrogen-bond acceptors (Lipinski definition) is 2. The van der Waals surface area contributed by atoms with Crippen molar-refractivity contribution >= 4 is 5.91 Å². The molecule has 1 aromatic rings. The molecule has 0 spiro atoms. The van der Waals surface area contributed by atoms with Crippen molar-refractivity contribution in [2.75, 3.05) is 13.6 Å². The Labute approximate surface area is 110 Å². The van der Waals surface area contributed by atoms with Crippen LogP contribution in [-0.4, -0.2) is 25.0 Å². The van der Waals surface area contributed by atoms with Crippen LogP contribution in [0, 0.1) is 0 Å². The molecular formula is C15H24N2O. The van der Waals surface area contributed by atoms with Crippen molar-refractivity contribution in [1.82, 2.24) is 10.6 Å². The lowest BCUT2D eigenvalue weighted by Gasteiger charge is -2.25. The number of likely N-dealkylation sites (N-methyl/N-ethyl adjacent to an activating group) is 1. The average molecular weight is 248 g/mol. The first-order valence-corrected chi connectivity index (χ1v) is 6.55. The quantitative estimate of drug-likeness (QED) is 0.811. The molecule has 100 valence electrons. The van der Waals surface area contributed by atoms with E-state index in [4.69, 9.17) is 0 Å². The molecule has 0 atom stereocenters. The van der Waals surface area contributed by atoms with E-state index in [1.165, 1.54) is 0 Å². The van der Waals surface area contributed by atoms with Crippen LogP contribution in [-0.2, 0) is 6.42 Å². The van der Waals surface area contributed by atoms with E-state index in [2.05, 4.69) is 17.6 Å². The van der Waals surface area contributed by atoms with Gasteiger partial charge in [0, 0.05) is 11.1 Å². The summed E-state index contributed by atoms with van der Waals surface area (Å²) in [5, 5.41) is 6.19. The lowest BCUT2D eigenvalue weighted by Crippen LogP contribution is -2.43. The second-order valence-corrected chi connectivity index (χ2v) is 5.20. The van der Waals surface area contributed by atoms with Crippen LogP contribution in [0.5, 0.6) is 0 Å². The molecule has 3 nitrogen and oxygen atoms in total. The molecule has 18 heavy (non-hydrogen) atoms. The summed E-state index contributed by atoms with van der Waals surface area (Å²) >= 11 is 0. The van der Waals surface area contributed by atoms with Gasteiger partial charge in [-0.1, -0.05) is 25.1 Å². The van der Waals surface area contributed by atoms with Gasteiger partial charge in [0.15, 0.2) is 0 Å². The molecule has 0 bridgehead atoms. The Balaban J connectivity index is 2.85. The molecule has 0 aromatic heterocycles. The highest BCUT2D eigenvalue weighted by atomic mass is 16.1. The summed E-state index contributed by atoms with van der Waals surface area (Å²) in [7, 11) is 1.92. The van der Waals surface area contributed by atoms with E-state index in [1.807, 2.05) is 45.2 Å². The lowest BCUT2D eigenvalue weighted by molar-refractivity contribution is 0.0910. The average Bonchev–Trinajstić information content (AvgIpc) is 2.36. The highest BCUT2D eigenvalue weighted by Gasteiger charge is 2.20. The molecular weight excluding hydrogens is 224 g/mol. The van der Waals surface area contributed by atoms with Crippen LogP contribution in [0.15, 0.2) is 24.3 Å². The molecule has 0 radical (unpaired) electrons. The maximum atomic E-state index is 12.3. The molecule has 3 heteroatoms. The van der Waals surface area contributed by atoms with Crippen LogP contribution < -0.4 is 10.6 Å². The minimum Gasteiger partial charge on any atom is -0.347 e. The van der Waals surface area contributed by atoms with Gasteiger partial charge in [-0.25, -0.2) is 0 Å². The van der Waals surface area contributed by atoms with Gasteiger partial charge in [0.25, 0.3) is 5.91 Å². The minimum atomic E-state index is -0.160. The number of rotatable bonds is 6. The molecule has 2 N–H and O–H groups in total. The fourth-order valence-corrected chi connectivity index (χ4v) is 1.68. The van der Waals surface area contributed by atoms with Crippen molar-refractivity contribution in [3.63, 3.8) is 0 Å². The van der Waals surface area contributed by atoms with Crippen molar-refractivity contribution in [3.05, 3.63) is 35.4 Å². The topological polar surface area (TPSA) is 41.1 Å². The minimum absolute atomic E-state index is 0.0218. The molecule has 1 amide bonds. The lowest BCUT2D eigenvalue weighted by atomic mass is 9.99. The van der Waals surface area contributed by atoms with E-state index in [1.54, 1.807) is 0 Å². The molecule has 0 fully saturated rings. The van der Waals surface area contributed by atoms with E-state index in [0.29, 0.717) is 0 Å². The van der Waals surface area contributed by atoms with Crippen molar-refractivity contribution in [2.45, 2.75) is 39.2 Å². The Bertz CT molecular complexity index is 399. The smallest absolute Gasteiger partial charge is 0.251 e. The summed E-state index contributed by atoms with van der Waals surface area (Å²) in [5.74, 6) is 0.0218. The van der Waals surface area contributed by atoms with Crippen molar-refractivity contribution in [1.29, 1.82) is 0 Å². The van der Waals surface area contributed by atoms with Gasteiger partial charge in [-0.2, -0.15) is 0 Å². The van der Waals surface area contributed by atoms with Gasteiger partial charge < -0.3 is 10.6 Å². The molecule has 0 heterocycles. The molecule has 0 unspecified atom stereocenters. The fraction of sp³-hybridized carbons (Fsp3) is 0.533. The first kappa shape index (κ1) is 14.7. The van der Waals surface area contributed by atoms with Crippen molar-refractivity contribution in [2.24, 2.45) is 0 Å². The van der Waals surface area contributed by atoms with Crippen LogP contribution in [0.4, 0.5) is 0 Å². The van der Waals surface area contributed by atoms with Gasteiger partial charge in [-0.05, 0) is 51.9 Å². The van der Waals surface area contributed by atoms with Crippen LogP contribution >= 0.6 is 0 Å². The highest BCUT2D eigenvalue weighted by Crippen LogP contribution is 2.13. The van der Waals surface area contributed by atoms with Crippen LogP contribution in [0.3, 0.4) is 0 Å². The molecule has 0 aliphatic rings. The van der Waals surface area contributed by atoms with E-state index < -0.39 is 0 Å². The molecule has 0 aliphatic heterocycles. The third-order valence-electron chi connectivity index (χ3n) is 3.24. The van der Waals surface area contributed by atoms with Gasteiger partial charge in [0.05, 0.1) is 0 Å². The number of hydrogen-bond donors (Lipinski definition) is 2. The molecule has 1 rings (SSSR count).